The second kappa shape index (κ2) is 4.64. The van der Waals surface area contributed by atoms with Crippen molar-refractivity contribution in [3.8, 4) is 0 Å². The molecule has 0 spiro atoms. The van der Waals surface area contributed by atoms with Crippen LogP contribution in [-0.2, 0) is 0 Å². The fourth-order valence-corrected chi connectivity index (χ4v) is 1.25. The van der Waals surface area contributed by atoms with E-state index in [0.717, 1.165) is 5.56 Å². The van der Waals surface area contributed by atoms with Gasteiger partial charge in [0.15, 0.2) is 0 Å². The van der Waals surface area contributed by atoms with Crippen LogP contribution in [0.4, 0.5) is 0 Å². The van der Waals surface area contributed by atoms with Gasteiger partial charge in [-0.25, -0.2) is 5.84 Å². The Kier molecular flexibility index (Phi) is 3.72. The first-order chi connectivity index (χ1) is 6.92. The van der Waals surface area contributed by atoms with Crippen molar-refractivity contribution in [3.63, 3.8) is 0 Å². The molecule has 0 aliphatic heterocycles. The molecule has 1 rings (SSSR count). The molecule has 0 bridgehead atoms. The Labute approximate surface area is 95.3 Å². The normalized spacial score (nSPS) is 12.7. The molecule has 0 aliphatic carbocycles. The minimum Gasteiger partial charge on any atom is -0.308 e. The van der Waals surface area contributed by atoms with E-state index in [4.69, 9.17) is 17.4 Å². The third-order valence-corrected chi connectivity index (χ3v) is 1.95. The van der Waals surface area contributed by atoms with E-state index in [-0.39, 0.29) is 5.54 Å². The van der Waals surface area contributed by atoms with Gasteiger partial charge in [-0.15, -0.1) is 0 Å². The summed E-state index contributed by atoms with van der Waals surface area (Å²) in [5.41, 5.74) is 3.36. The number of nitrogens with zero attached hydrogens (tertiary/aromatic N) is 1. The summed E-state index contributed by atoms with van der Waals surface area (Å²) in [5.74, 6) is 6.10. The SMILES string of the molecule is CC(C)(C)N=C(NN)c1ccc(Cl)cc1. The number of amidine groups is 1. The summed E-state index contributed by atoms with van der Waals surface area (Å²) >= 11 is 5.80. The van der Waals surface area contributed by atoms with E-state index in [0.29, 0.717) is 10.9 Å². The van der Waals surface area contributed by atoms with Crippen molar-refractivity contribution >= 4 is 17.4 Å². The Morgan fingerprint density at radius 2 is 1.80 bits per heavy atom. The first-order valence-corrected chi connectivity index (χ1v) is 5.12. The minimum atomic E-state index is -0.165. The lowest BCUT2D eigenvalue weighted by atomic mass is 10.1. The molecule has 3 nitrogen and oxygen atoms in total. The van der Waals surface area contributed by atoms with E-state index in [2.05, 4.69) is 10.4 Å². The summed E-state index contributed by atoms with van der Waals surface area (Å²) in [6.07, 6.45) is 0. The second-order valence-electron chi connectivity index (χ2n) is 4.28. The molecule has 82 valence electrons. The van der Waals surface area contributed by atoms with Crippen LogP contribution in [0.25, 0.3) is 0 Å². The fraction of sp³-hybridized carbons (Fsp3) is 0.364. The van der Waals surface area contributed by atoms with Crippen molar-refractivity contribution in [2.75, 3.05) is 0 Å². The monoisotopic (exact) mass is 225 g/mol. The predicted octanol–water partition coefficient (Wildman–Crippen LogP) is 2.35. The molecule has 0 unspecified atom stereocenters. The Hall–Kier alpha value is -1.06. The Morgan fingerprint density at radius 1 is 1.27 bits per heavy atom. The van der Waals surface area contributed by atoms with Gasteiger partial charge < -0.3 is 5.43 Å². The quantitative estimate of drug-likeness (QED) is 0.334. The van der Waals surface area contributed by atoms with Crippen LogP contribution < -0.4 is 11.3 Å². The van der Waals surface area contributed by atoms with Gasteiger partial charge in [-0.1, -0.05) is 11.6 Å². The highest BCUT2D eigenvalue weighted by Gasteiger charge is 2.10. The first-order valence-electron chi connectivity index (χ1n) is 4.75. The highest BCUT2D eigenvalue weighted by Crippen LogP contribution is 2.12. The molecular formula is C11H16ClN3. The first kappa shape index (κ1) is 12.0. The molecular weight excluding hydrogens is 210 g/mol. The van der Waals surface area contributed by atoms with Gasteiger partial charge in [0.05, 0.1) is 5.54 Å². The van der Waals surface area contributed by atoms with Crippen molar-refractivity contribution < 1.29 is 0 Å². The van der Waals surface area contributed by atoms with E-state index >= 15 is 0 Å². The number of nitrogens with one attached hydrogen (secondary N) is 1. The van der Waals surface area contributed by atoms with Crippen LogP contribution in [0.3, 0.4) is 0 Å². The highest BCUT2D eigenvalue weighted by atomic mass is 35.5. The molecule has 15 heavy (non-hydrogen) atoms. The van der Waals surface area contributed by atoms with Crippen LogP contribution in [0.1, 0.15) is 26.3 Å². The molecule has 0 aliphatic rings. The third-order valence-electron chi connectivity index (χ3n) is 1.70. The second-order valence-corrected chi connectivity index (χ2v) is 4.72. The molecule has 0 fully saturated rings. The summed E-state index contributed by atoms with van der Waals surface area (Å²) in [6, 6.07) is 7.39. The number of aliphatic imine (C=N–C) groups is 1. The van der Waals surface area contributed by atoms with Crippen LogP contribution in [0.5, 0.6) is 0 Å². The number of hydrogen-bond donors (Lipinski definition) is 2. The molecule has 0 radical (unpaired) electrons. The minimum absolute atomic E-state index is 0.165. The number of nitrogens with two attached hydrogens (primary N) is 1. The van der Waals surface area contributed by atoms with Gasteiger partial charge >= 0.3 is 0 Å². The van der Waals surface area contributed by atoms with Crippen molar-refractivity contribution in [2.24, 2.45) is 10.8 Å². The van der Waals surface area contributed by atoms with Crippen molar-refractivity contribution in [2.45, 2.75) is 26.3 Å². The molecule has 0 saturated carbocycles. The summed E-state index contributed by atoms with van der Waals surface area (Å²) in [5, 5.41) is 0.700. The molecule has 1 aromatic rings. The highest BCUT2D eigenvalue weighted by molar-refractivity contribution is 6.30. The van der Waals surface area contributed by atoms with E-state index in [1.807, 2.05) is 45.0 Å². The van der Waals surface area contributed by atoms with E-state index < -0.39 is 0 Å². The Morgan fingerprint density at radius 3 is 2.20 bits per heavy atom. The number of halogens is 1. The van der Waals surface area contributed by atoms with Gasteiger partial charge in [0.1, 0.15) is 5.84 Å². The van der Waals surface area contributed by atoms with Crippen molar-refractivity contribution in [1.29, 1.82) is 0 Å². The average Bonchev–Trinajstić information content (AvgIpc) is 2.14. The van der Waals surface area contributed by atoms with Crippen LogP contribution in [-0.4, -0.2) is 11.4 Å². The average molecular weight is 226 g/mol. The van der Waals surface area contributed by atoms with Crippen molar-refractivity contribution in [1.82, 2.24) is 5.43 Å². The zero-order valence-corrected chi connectivity index (χ0v) is 9.97. The number of benzene rings is 1. The number of rotatable bonds is 1. The maximum atomic E-state index is 5.80. The standard InChI is InChI=1S/C11H16ClN3/c1-11(2,3)14-10(15-13)8-4-6-9(12)7-5-8/h4-7H,13H2,1-3H3,(H,14,15). The third kappa shape index (κ3) is 3.90. The summed E-state index contributed by atoms with van der Waals surface area (Å²) in [7, 11) is 0. The van der Waals surface area contributed by atoms with E-state index in [1.165, 1.54) is 0 Å². The number of hydrazine groups is 1. The van der Waals surface area contributed by atoms with Gasteiger partial charge in [-0.05, 0) is 45.0 Å². The van der Waals surface area contributed by atoms with Crippen LogP contribution in [0.2, 0.25) is 5.02 Å². The van der Waals surface area contributed by atoms with E-state index in [1.54, 1.807) is 0 Å². The maximum absolute atomic E-state index is 5.80. The van der Waals surface area contributed by atoms with Gasteiger partial charge in [-0.2, -0.15) is 0 Å². The fourth-order valence-electron chi connectivity index (χ4n) is 1.12. The van der Waals surface area contributed by atoms with Crippen LogP contribution >= 0.6 is 11.6 Å². The van der Waals surface area contributed by atoms with Crippen LogP contribution in [0, 0.1) is 0 Å². The Bertz CT molecular complexity index is 349. The van der Waals surface area contributed by atoms with Crippen LogP contribution in [0.15, 0.2) is 29.3 Å². The zero-order chi connectivity index (χ0) is 11.5. The van der Waals surface area contributed by atoms with Gasteiger partial charge in [0, 0.05) is 10.6 Å². The zero-order valence-electron chi connectivity index (χ0n) is 9.21. The molecule has 0 atom stereocenters. The van der Waals surface area contributed by atoms with Gasteiger partial charge in [-0.3, -0.25) is 4.99 Å². The molecule has 0 aromatic heterocycles. The molecule has 0 saturated heterocycles. The molecule has 0 amide bonds. The van der Waals surface area contributed by atoms with E-state index in [9.17, 15) is 0 Å². The molecule has 4 heteroatoms. The molecule has 1 aromatic carbocycles. The summed E-state index contributed by atoms with van der Waals surface area (Å²) in [6.45, 7) is 6.04. The predicted molar refractivity (Wildman–Crippen MR) is 65.1 cm³/mol. The van der Waals surface area contributed by atoms with Gasteiger partial charge in [0.2, 0.25) is 0 Å². The lowest BCUT2D eigenvalue weighted by Crippen LogP contribution is -2.33. The lowest BCUT2D eigenvalue weighted by Gasteiger charge is -2.15. The van der Waals surface area contributed by atoms with Crippen molar-refractivity contribution in [3.05, 3.63) is 34.9 Å². The van der Waals surface area contributed by atoms with Gasteiger partial charge in [0.25, 0.3) is 0 Å². The number of hydrogen-bond acceptors (Lipinski definition) is 2. The maximum Gasteiger partial charge on any atom is 0.143 e. The Balaban J connectivity index is 3.03. The largest absolute Gasteiger partial charge is 0.308 e. The smallest absolute Gasteiger partial charge is 0.143 e. The topological polar surface area (TPSA) is 50.4 Å². The lowest BCUT2D eigenvalue weighted by molar-refractivity contribution is 0.580. The molecule has 3 N–H and O–H groups in total. The molecule has 0 heterocycles. The summed E-state index contributed by atoms with van der Waals surface area (Å²) < 4.78 is 0. The summed E-state index contributed by atoms with van der Waals surface area (Å²) in [4.78, 5) is 4.46.